The first-order valence-electron chi connectivity index (χ1n) is 5.70. The average molecular weight is 334 g/mol. The first-order valence-corrected chi connectivity index (χ1v) is 7.56. The van der Waals surface area contributed by atoms with Gasteiger partial charge in [-0.15, -0.1) is 0 Å². The fraction of sp³-hybridized carbons (Fsp3) is 0.0769. The summed E-state index contributed by atoms with van der Waals surface area (Å²) in [5, 5.41) is 9.29. The zero-order valence-corrected chi connectivity index (χ0v) is 12.0. The highest BCUT2D eigenvalue weighted by molar-refractivity contribution is 7.92. The fourth-order valence-corrected chi connectivity index (χ4v) is 2.93. The minimum atomic E-state index is -4.05. The highest BCUT2D eigenvalue weighted by atomic mass is 35.5. The van der Waals surface area contributed by atoms with Crippen LogP contribution in [0, 0.1) is 11.6 Å². The lowest BCUT2D eigenvalue weighted by molar-refractivity contribution is 0.281. The number of sulfonamides is 1. The van der Waals surface area contributed by atoms with E-state index >= 15 is 0 Å². The summed E-state index contributed by atoms with van der Waals surface area (Å²) in [4.78, 5) is -0.180. The molecule has 2 rings (SSSR count). The summed E-state index contributed by atoms with van der Waals surface area (Å²) in [6, 6.07) is 6.05. The van der Waals surface area contributed by atoms with Gasteiger partial charge < -0.3 is 5.11 Å². The van der Waals surface area contributed by atoms with Crippen LogP contribution in [0.2, 0.25) is 5.02 Å². The molecule has 0 saturated carbocycles. The molecule has 2 aromatic carbocycles. The van der Waals surface area contributed by atoms with Crippen molar-refractivity contribution in [2.24, 2.45) is 0 Å². The Morgan fingerprint density at radius 1 is 1.10 bits per heavy atom. The zero-order chi connectivity index (χ0) is 15.6. The van der Waals surface area contributed by atoms with Crippen LogP contribution in [0.25, 0.3) is 0 Å². The predicted molar refractivity (Wildman–Crippen MR) is 74.5 cm³/mol. The molecule has 0 aliphatic rings. The maximum atomic E-state index is 13.1. The van der Waals surface area contributed by atoms with Gasteiger partial charge in [0.1, 0.15) is 11.6 Å². The van der Waals surface area contributed by atoms with E-state index in [2.05, 4.69) is 4.72 Å². The molecule has 0 heterocycles. The summed E-state index contributed by atoms with van der Waals surface area (Å²) in [6.45, 7) is -0.434. The van der Waals surface area contributed by atoms with Gasteiger partial charge in [0.25, 0.3) is 10.0 Å². The first-order chi connectivity index (χ1) is 9.81. The SMILES string of the molecule is O=S(=O)(Nc1cc(F)cc(F)c1)c1ccc(Cl)c(CO)c1. The van der Waals surface area contributed by atoms with E-state index in [1.165, 1.54) is 18.2 Å². The van der Waals surface area contributed by atoms with Crippen LogP contribution in [0.5, 0.6) is 0 Å². The number of aliphatic hydroxyl groups excluding tert-OH is 1. The first kappa shape index (κ1) is 15.7. The Morgan fingerprint density at radius 3 is 2.29 bits per heavy atom. The van der Waals surface area contributed by atoms with Gasteiger partial charge in [-0.05, 0) is 35.9 Å². The predicted octanol–water partition coefficient (Wildman–Crippen LogP) is 2.91. The minimum Gasteiger partial charge on any atom is -0.392 e. The zero-order valence-electron chi connectivity index (χ0n) is 10.5. The van der Waals surface area contributed by atoms with Crippen LogP contribution in [0.3, 0.4) is 0 Å². The van der Waals surface area contributed by atoms with E-state index in [9.17, 15) is 17.2 Å². The number of hydrogen-bond acceptors (Lipinski definition) is 3. The molecule has 112 valence electrons. The van der Waals surface area contributed by atoms with Crippen molar-refractivity contribution < 1.29 is 22.3 Å². The van der Waals surface area contributed by atoms with Gasteiger partial charge in [-0.1, -0.05) is 11.6 Å². The molecule has 0 bridgehead atoms. The summed E-state index contributed by atoms with van der Waals surface area (Å²) in [7, 11) is -4.05. The van der Waals surface area contributed by atoms with E-state index in [1.54, 1.807) is 0 Å². The van der Waals surface area contributed by atoms with Crippen LogP contribution in [-0.4, -0.2) is 13.5 Å². The van der Waals surface area contributed by atoms with E-state index < -0.39 is 28.3 Å². The normalized spacial score (nSPS) is 11.4. The van der Waals surface area contributed by atoms with Gasteiger partial charge in [-0.2, -0.15) is 0 Å². The Kier molecular flexibility index (Phi) is 4.46. The molecule has 0 saturated heterocycles. The van der Waals surface area contributed by atoms with Crippen molar-refractivity contribution in [3.8, 4) is 0 Å². The minimum absolute atomic E-state index is 0.180. The Morgan fingerprint density at radius 2 is 1.71 bits per heavy atom. The van der Waals surface area contributed by atoms with Gasteiger partial charge in [0, 0.05) is 11.1 Å². The van der Waals surface area contributed by atoms with Gasteiger partial charge in [-0.3, -0.25) is 4.72 Å². The van der Waals surface area contributed by atoms with Crippen molar-refractivity contribution in [3.05, 3.63) is 58.6 Å². The van der Waals surface area contributed by atoms with Gasteiger partial charge in [0.05, 0.1) is 17.2 Å². The lowest BCUT2D eigenvalue weighted by atomic mass is 10.2. The smallest absolute Gasteiger partial charge is 0.261 e. The molecule has 0 aliphatic heterocycles. The molecule has 0 aromatic heterocycles. The molecule has 0 fully saturated rings. The number of aliphatic hydroxyl groups is 1. The van der Waals surface area contributed by atoms with Crippen molar-refractivity contribution in [1.82, 2.24) is 0 Å². The van der Waals surface area contributed by atoms with E-state index in [4.69, 9.17) is 16.7 Å². The third-order valence-corrected chi connectivity index (χ3v) is 4.36. The molecule has 2 aromatic rings. The Hall–Kier alpha value is -1.70. The number of nitrogens with one attached hydrogen (secondary N) is 1. The maximum absolute atomic E-state index is 13.1. The van der Waals surface area contributed by atoms with Crippen LogP contribution >= 0.6 is 11.6 Å². The second kappa shape index (κ2) is 5.97. The molecule has 21 heavy (non-hydrogen) atoms. The molecule has 0 atom stereocenters. The van der Waals surface area contributed by atoms with Crippen molar-refractivity contribution in [3.63, 3.8) is 0 Å². The molecule has 0 spiro atoms. The molecule has 0 unspecified atom stereocenters. The van der Waals surface area contributed by atoms with Gasteiger partial charge in [0.15, 0.2) is 0 Å². The lowest BCUT2D eigenvalue weighted by Crippen LogP contribution is -2.13. The van der Waals surface area contributed by atoms with Crippen LogP contribution in [-0.2, 0) is 16.6 Å². The monoisotopic (exact) mass is 333 g/mol. The number of hydrogen-bond donors (Lipinski definition) is 2. The topological polar surface area (TPSA) is 66.4 Å². The van der Waals surface area contributed by atoms with Crippen LogP contribution in [0.4, 0.5) is 14.5 Å². The summed E-state index contributed by atoms with van der Waals surface area (Å²) in [5.41, 5.74) is -0.0158. The molecular weight excluding hydrogens is 324 g/mol. The second-order valence-corrected chi connectivity index (χ2v) is 6.26. The highest BCUT2D eigenvalue weighted by Gasteiger charge is 2.16. The molecule has 0 amide bonds. The largest absolute Gasteiger partial charge is 0.392 e. The maximum Gasteiger partial charge on any atom is 0.261 e. The standard InChI is InChI=1S/C13H10ClF2NO3S/c14-13-2-1-12(3-8(13)7-18)21(19,20)17-11-5-9(15)4-10(16)6-11/h1-6,17-18H,7H2. The van der Waals surface area contributed by atoms with E-state index in [0.717, 1.165) is 12.1 Å². The van der Waals surface area contributed by atoms with E-state index in [1.807, 2.05) is 0 Å². The number of halogens is 3. The summed E-state index contributed by atoms with van der Waals surface area (Å²) in [6.07, 6.45) is 0. The van der Waals surface area contributed by atoms with E-state index in [0.29, 0.717) is 6.07 Å². The summed E-state index contributed by atoms with van der Waals surface area (Å²) >= 11 is 5.77. The van der Waals surface area contributed by atoms with Crippen molar-refractivity contribution >= 4 is 27.3 Å². The summed E-state index contributed by atoms with van der Waals surface area (Å²) < 4.78 is 52.4. The molecular formula is C13H10ClF2NO3S. The fourth-order valence-electron chi connectivity index (χ4n) is 1.67. The van der Waals surface area contributed by atoms with E-state index in [-0.39, 0.29) is 21.2 Å². The quantitative estimate of drug-likeness (QED) is 0.904. The third kappa shape index (κ3) is 3.69. The van der Waals surface area contributed by atoms with Gasteiger partial charge >= 0.3 is 0 Å². The van der Waals surface area contributed by atoms with Crippen molar-refractivity contribution in [2.45, 2.75) is 11.5 Å². The number of rotatable bonds is 4. The molecule has 2 N–H and O–H groups in total. The van der Waals surface area contributed by atoms with Gasteiger partial charge in [-0.25, -0.2) is 17.2 Å². The second-order valence-electron chi connectivity index (χ2n) is 4.17. The van der Waals surface area contributed by atoms with Crippen molar-refractivity contribution in [1.29, 1.82) is 0 Å². The van der Waals surface area contributed by atoms with Crippen LogP contribution in [0.1, 0.15) is 5.56 Å². The number of benzene rings is 2. The molecule has 8 heteroatoms. The Bertz CT molecular complexity index is 761. The Labute approximate surface area is 125 Å². The molecule has 0 aliphatic carbocycles. The summed E-state index contributed by atoms with van der Waals surface area (Å²) in [5.74, 6) is -1.81. The van der Waals surface area contributed by atoms with Gasteiger partial charge in [0.2, 0.25) is 0 Å². The third-order valence-electron chi connectivity index (χ3n) is 2.61. The lowest BCUT2D eigenvalue weighted by Gasteiger charge is -2.10. The Balaban J connectivity index is 2.38. The highest BCUT2D eigenvalue weighted by Crippen LogP contribution is 2.23. The van der Waals surface area contributed by atoms with Crippen LogP contribution < -0.4 is 4.72 Å². The average Bonchev–Trinajstić information content (AvgIpc) is 2.37. The number of anilines is 1. The van der Waals surface area contributed by atoms with Crippen molar-refractivity contribution in [2.75, 3.05) is 4.72 Å². The molecule has 4 nitrogen and oxygen atoms in total. The van der Waals surface area contributed by atoms with Crippen LogP contribution in [0.15, 0.2) is 41.3 Å². The molecule has 0 radical (unpaired) electrons.